The largest absolute Gasteiger partial charge is 0.495 e. The van der Waals surface area contributed by atoms with Gasteiger partial charge in [0.1, 0.15) is 17.3 Å². The number of nitrogens with one attached hydrogen (secondary N) is 2. The highest BCUT2D eigenvalue weighted by molar-refractivity contribution is 6.32. The van der Waals surface area contributed by atoms with Gasteiger partial charge in [-0.05, 0) is 12.5 Å². The molecule has 1 heterocycles. The highest BCUT2D eigenvalue weighted by atomic mass is 35.5. The third-order valence-electron chi connectivity index (χ3n) is 3.46. The predicted molar refractivity (Wildman–Crippen MR) is 97.9 cm³/mol. The second-order valence-corrected chi connectivity index (χ2v) is 5.62. The Labute approximate surface area is 147 Å². The van der Waals surface area contributed by atoms with Gasteiger partial charge in [-0.3, -0.25) is 0 Å². The molecule has 2 rings (SSSR count). The first-order chi connectivity index (χ1) is 11.7. The van der Waals surface area contributed by atoms with Crippen LogP contribution in [0.4, 0.5) is 17.5 Å². The van der Waals surface area contributed by atoms with E-state index in [0.717, 1.165) is 18.7 Å². The monoisotopic (exact) mass is 350 g/mol. The number of unbranched alkanes of at least 4 members (excludes halogenated alkanes) is 2. The Bertz CT molecular complexity index is 667. The Morgan fingerprint density at radius 3 is 2.62 bits per heavy atom. The van der Waals surface area contributed by atoms with Crippen LogP contribution in [-0.2, 0) is 0 Å². The third kappa shape index (κ3) is 4.89. The Kier molecular flexibility index (Phi) is 6.93. The molecule has 24 heavy (non-hydrogen) atoms. The Balaban J connectivity index is 2.13. The predicted octanol–water partition coefficient (Wildman–Crippen LogP) is 4.49. The van der Waals surface area contributed by atoms with Gasteiger partial charge in [0.25, 0.3) is 0 Å². The smallest absolute Gasteiger partial charge is 0.224 e. The van der Waals surface area contributed by atoms with Crippen molar-refractivity contribution in [2.45, 2.75) is 26.2 Å². The molecule has 0 atom stereocenters. The van der Waals surface area contributed by atoms with Crippen LogP contribution in [0.25, 0.3) is 0 Å². The van der Waals surface area contributed by atoms with Gasteiger partial charge in [0.15, 0.2) is 0 Å². The molecule has 0 radical (unpaired) electrons. The van der Waals surface area contributed by atoms with E-state index in [4.69, 9.17) is 21.1 Å². The number of benzene rings is 1. The second-order valence-electron chi connectivity index (χ2n) is 5.21. The topological polar surface area (TPSA) is 68.3 Å². The van der Waals surface area contributed by atoms with Crippen LogP contribution in [0.15, 0.2) is 24.4 Å². The summed E-state index contributed by atoms with van der Waals surface area (Å²) in [4.78, 5) is 8.69. The Morgan fingerprint density at radius 2 is 1.92 bits per heavy atom. The summed E-state index contributed by atoms with van der Waals surface area (Å²) in [5.74, 6) is 2.42. The lowest BCUT2D eigenvalue weighted by Crippen LogP contribution is -2.06. The molecular formula is C17H23ClN4O2. The van der Waals surface area contributed by atoms with Crippen molar-refractivity contribution >= 4 is 29.1 Å². The fourth-order valence-electron chi connectivity index (χ4n) is 2.18. The number of hydrogen-bond acceptors (Lipinski definition) is 6. The molecule has 0 aliphatic heterocycles. The highest BCUT2D eigenvalue weighted by Crippen LogP contribution is 2.37. The van der Waals surface area contributed by atoms with Gasteiger partial charge in [0.2, 0.25) is 5.95 Å². The summed E-state index contributed by atoms with van der Waals surface area (Å²) in [7, 11) is 3.16. The SMILES string of the molecule is CCCCCNc1nccc(Nc2cc(OC)c(Cl)cc2OC)n1. The number of aromatic nitrogens is 2. The van der Waals surface area contributed by atoms with Crippen molar-refractivity contribution in [3.63, 3.8) is 0 Å². The molecule has 0 unspecified atom stereocenters. The lowest BCUT2D eigenvalue weighted by molar-refractivity contribution is 0.405. The zero-order valence-electron chi connectivity index (χ0n) is 14.2. The van der Waals surface area contributed by atoms with Gasteiger partial charge in [-0.1, -0.05) is 31.4 Å². The van der Waals surface area contributed by atoms with Gasteiger partial charge in [-0.2, -0.15) is 4.98 Å². The van der Waals surface area contributed by atoms with Crippen LogP contribution in [0.1, 0.15) is 26.2 Å². The van der Waals surface area contributed by atoms with Gasteiger partial charge in [-0.25, -0.2) is 4.98 Å². The zero-order chi connectivity index (χ0) is 17.4. The Hall–Kier alpha value is -2.21. The number of anilines is 3. The fourth-order valence-corrected chi connectivity index (χ4v) is 2.42. The molecule has 6 nitrogen and oxygen atoms in total. The van der Waals surface area contributed by atoms with E-state index in [1.54, 1.807) is 38.6 Å². The molecule has 0 aliphatic carbocycles. The zero-order valence-corrected chi connectivity index (χ0v) is 15.0. The van der Waals surface area contributed by atoms with Gasteiger partial charge in [0, 0.05) is 24.9 Å². The molecule has 0 fully saturated rings. The van der Waals surface area contributed by atoms with E-state index in [2.05, 4.69) is 27.5 Å². The number of rotatable bonds is 9. The summed E-state index contributed by atoms with van der Waals surface area (Å²) < 4.78 is 10.6. The molecule has 0 bridgehead atoms. The minimum absolute atomic E-state index is 0.487. The van der Waals surface area contributed by atoms with Crippen LogP contribution < -0.4 is 20.1 Å². The highest BCUT2D eigenvalue weighted by Gasteiger charge is 2.11. The van der Waals surface area contributed by atoms with Gasteiger partial charge in [-0.15, -0.1) is 0 Å². The van der Waals surface area contributed by atoms with Crippen molar-refractivity contribution in [1.29, 1.82) is 0 Å². The molecule has 0 aliphatic rings. The van der Waals surface area contributed by atoms with Crippen molar-refractivity contribution in [2.75, 3.05) is 31.4 Å². The third-order valence-corrected chi connectivity index (χ3v) is 3.75. The maximum atomic E-state index is 6.12. The number of ether oxygens (including phenoxy) is 2. The molecule has 2 N–H and O–H groups in total. The molecule has 0 saturated heterocycles. The number of halogens is 1. The minimum atomic E-state index is 0.487. The number of hydrogen-bond donors (Lipinski definition) is 2. The van der Waals surface area contributed by atoms with E-state index in [0.29, 0.717) is 28.3 Å². The normalized spacial score (nSPS) is 10.3. The molecule has 0 spiro atoms. The van der Waals surface area contributed by atoms with Crippen molar-refractivity contribution < 1.29 is 9.47 Å². The van der Waals surface area contributed by atoms with Crippen LogP contribution in [0.5, 0.6) is 11.5 Å². The maximum Gasteiger partial charge on any atom is 0.224 e. The van der Waals surface area contributed by atoms with Gasteiger partial charge in [0.05, 0.1) is 24.9 Å². The van der Waals surface area contributed by atoms with E-state index in [1.165, 1.54) is 12.8 Å². The van der Waals surface area contributed by atoms with Crippen molar-refractivity contribution in [1.82, 2.24) is 9.97 Å². The molecule has 0 amide bonds. The maximum absolute atomic E-state index is 6.12. The van der Waals surface area contributed by atoms with E-state index in [9.17, 15) is 0 Å². The van der Waals surface area contributed by atoms with Crippen LogP contribution in [-0.4, -0.2) is 30.7 Å². The number of methoxy groups -OCH3 is 2. The molecular weight excluding hydrogens is 328 g/mol. The summed E-state index contributed by atoms with van der Waals surface area (Å²) in [6.45, 7) is 3.03. The standard InChI is InChI=1S/C17H23ClN4O2/c1-4-5-6-8-19-17-20-9-7-16(22-17)21-13-11-14(23-2)12(18)10-15(13)24-3/h7,9-11H,4-6,8H2,1-3H3,(H2,19,20,21,22). The van der Waals surface area contributed by atoms with E-state index >= 15 is 0 Å². The van der Waals surface area contributed by atoms with E-state index < -0.39 is 0 Å². The van der Waals surface area contributed by atoms with E-state index in [-0.39, 0.29) is 0 Å². The summed E-state index contributed by atoms with van der Waals surface area (Å²) in [5, 5.41) is 6.93. The average Bonchev–Trinajstić information content (AvgIpc) is 2.60. The summed E-state index contributed by atoms with van der Waals surface area (Å²) in [6, 6.07) is 5.27. The molecule has 130 valence electrons. The van der Waals surface area contributed by atoms with Gasteiger partial charge < -0.3 is 20.1 Å². The Morgan fingerprint density at radius 1 is 1.12 bits per heavy atom. The van der Waals surface area contributed by atoms with Crippen molar-refractivity contribution in [3.8, 4) is 11.5 Å². The van der Waals surface area contributed by atoms with Crippen LogP contribution in [0, 0.1) is 0 Å². The lowest BCUT2D eigenvalue weighted by atomic mass is 10.2. The summed E-state index contributed by atoms with van der Waals surface area (Å²) >= 11 is 6.12. The van der Waals surface area contributed by atoms with Gasteiger partial charge >= 0.3 is 0 Å². The molecule has 0 saturated carbocycles. The van der Waals surface area contributed by atoms with Crippen molar-refractivity contribution in [2.24, 2.45) is 0 Å². The molecule has 1 aromatic carbocycles. The molecule has 1 aromatic heterocycles. The first-order valence-corrected chi connectivity index (χ1v) is 8.31. The first kappa shape index (κ1) is 18.1. The average molecular weight is 351 g/mol. The van der Waals surface area contributed by atoms with Crippen LogP contribution in [0.2, 0.25) is 5.02 Å². The summed E-state index contributed by atoms with van der Waals surface area (Å²) in [5.41, 5.74) is 0.717. The summed E-state index contributed by atoms with van der Waals surface area (Å²) in [6.07, 6.45) is 5.17. The van der Waals surface area contributed by atoms with Crippen LogP contribution in [0.3, 0.4) is 0 Å². The number of nitrogens with zero attached hydrogens (tertiary/aromatic N) is 2. The second kappa shape index (κ2) is 9.17. The van der Waals surface area contributed by atoms with Crippen molar-refractivity contribution in [3.05, 3.63) is 29.4 Å². The molecule has 7 heteroatoms. The lowest BCUT2D eigenvalue weighted by Gasteiger charge is -2.14. The van der Waals surface area contributed by atoms with E-state index in [1.807, 2.05) is 0 Å². The minimum Gasteiger partial charge on any atom is -0.495 e. The quantitative estimate of drug-likeness (QED) is 0.649. The molecule has 2 aromatic rings. The fraction of sp³-hybridized carbons (Fsp3) is 0.412. The van der Waals surface area contributed by atoms with Crippen LogP contribution >= 0.6 is 11.6 Å². The first-order valence-electron chi connectivity index (χ1n) is 7.93.